The number of hydrogen-bond acceptors (Lipinski definition) is 7. The van der Waals surface area contributed by atoms with E-state index in [-0.39, 0.29) is 32.6 Å². The number of urea groups is 1. The van der Waals surface area contributed by atoms with Crippen molar-refractivity contribution in [3.63, 3.8) is 0 Å². The third-order valence-electron chi connectivity index (χ3n) is 5.37. The summed E-state index contributed by atoms with van der Waals surface area (Å²) in [5.74, 6) is -2.73. The molecule has 8 nitrogen and oxygen atoms in total. The Morgan fingerprint density at radius 1 is 1.19 bits per heavy atom. The second kappa shape index (κ2) is 8.51. The van der Waals surface area contributed by atoms with Gasteiger partial charge in [0.2, 0.25) is 5.75 Å². The summed E-state index contributed by atoms with van der Waals surface area (Å²) in [6.07, 6.45) is -5.34. The van der Waals surface area contributed by atoms with Gasteiger partial charge in [-0.25, -0.2) is 4.79 Å². The quantitative estimate of drug-likeness (QED) is 0.624. The molecule has 12 heteroatoms. The van der Waals surface area contributed by atoms with Gasteiger partial charge >= 0.3 is 12.2 Å². The fraction of sp³-hybridized carbons (Fsp3) is 0.400. The Hall–Kier alpha value is -2.99. The Bertz CT molecular complexity index is 988. The van der Waals surface area contributed by atoms with Gasteiger partial charge in [-0.05, 0) is 29.1 Å². The van der Waals surface area contributed by atoms with Crippen LogP contribution in [0.4, 0.5) is 18.0 Å². The number of Topliss-reactive ketones (excluding diaryl/α,β-unsaturated/α-hetero) is 1. The lowest BCUT2D eigenvalue weighted by Crippen LogP contribution is -2.72. The highest BCUT2D eigenvalue weighted by Gasteiger charge is 2.69. The number of nitrogens with one attached hydrogen (secondary N) is 1. The van der Waals surface area contributed by atoms with Gasteiger partial charge in [-0.2, -0.15) is 13.2 Å². The number of ether oxygens (including phenoxy) is 3. The van der Waals surface area contributed by atoms with Gasteiger partial charge < -0.3 is 24.6 Å². The highest BCUT2D eigenvalue weighted by atomic mass is 32.1. The molecule has 3 rings (SSSR count). The number of ketones is 1. The smallest absolute Gasteiger partial charge is 0.437 e. The Balaban J connectivity index is 2.27. The van der Waals surface area contributed by atoms with Crippen molar-refractivity contribution in [3.8, 4) is 17.2 Å². The number of nitrogens with zero attached hydrogens (tertiary/aromatic N) is 1. The molecular weight excluding hydrogens is 453 g/mol. The highest BCUT2D eigenvalue weighted by molar-refractivity contribution is 7.12. The van der Waals surface area contributed by atoms with E-state index in [1.807, 2.05) is 0 Å². The van der Waals surface area contributed by atoms with Crippen molar-refractivity contribution in [1.29, 1.82) is 0 Å². The maximum atomic E-state index is 14.2. The number of amides is 2. The molecule has 174 valence electrons. The number of halogens is 3. The van der Waals surface area contributed by atoms with Gasteiger partial charge in [0.15, 0.2) is 17.3 Å². The number of thiophene rings is 1. The number of benzene rings is 1. The normalized spacial score (nSPS) is 23.5. The van der Waals surface area contributed by atoms with Crippen LogP contribution in [0.5, 0.6) is 17.2 Å². The van der Waals surface area contributed by atoms with Crippen molar-refractivity contribution in [2.45, 2.75) is 17.9 Å². The Labute approximate surface area is 185 Å². The highest BCUT2D eigenvalue weighted by Crippen LogP contribution is 2.49. The van der Waals surface area contributed by atoms with Crippen LogP contribution in [0.3, 0.4) is 0 Å². The van der Waals surface area contributed by atoms with E-state index >= 15 is 0 Å². The Kier molecular flexibility index (Phi) is 6.29. The molecule has 1 aromatic heterocycles. The summed E-state index contributed by atoms with van der Waals surface area (Å²) in [6, 6.07) is 2.73. The minimum atomic E-state index is -5.34. The maximum Gasteiger partial charge on any atom is 0.437 e. The lowest BCUT2D eigenvalue weighted by molar-refractivity contribution is -0.322. The molecule has 1 fully saturated rings. The lowest BCUT2D eigenvalue weighted by atomic mass is 9.77. The first-order valence-corrected chi connectivity index (χ1v) is 10.1. The van der Waals surface area contributed by atoms with E-state index in [0.29, 0.717) is 0 Å². The second-order valence-electron chi connectivity index (χ2n) is 6.99. The molecule has 1 aliphatic rings. The van der Waals surface area contributed by atoms with Gasteiger partial charge in [-0.1, -0.05) is 6.07 Å². The predicted molar refractivity (Wildman–Crippen MR) is 108 cm³/mol. The molecule has 1 aliphatic heterocycles. The van der Waals surface area contributed by atoms with E-state index in [2.05, 4.69) is 5.32 Å². The lowest BCUT2D eigenvalue weighted by Gasteiger charge is -2.49. The zero-order chi connectivity index (χ0) is 23.8. The summed E-state index contributed by atoms with van der Waals surface area (Å²) in [4.78, 5) is 25.9. The second-order valence-corrected chi connectivity index (χ2v) is 7.94. The average molecular weight is 474 g/mol. The summed E-state index contributed by atoms with van der Waals surface area (Å²) in [5, 5.41) is 14.8. The van der Waals surface area contributed by atoms with Gasteiger partial charge in [-0.15, -0.1) is 11.3 Å². The van der Waals surface area contributed by atoms with Crippen LogP contribution in [0.25, 0.3) is 0 Å². The third kappa shape index (κ3) is 3.62. The molecule has 0 radical (unpaired) electrons. The SMILES string of the molecule is COc1cc([C@@H]2NC(=O)N(C)[C@](O)(C(F)(F)F)[C@@H]2C(=O)c2cccs2)cc(OC)c1OC. The number of alkyl halides is 3. The summed E-state index contributed by atoms with van der Waals surface area (Å²) >= 11 is 0.928. The summed E-state index contributed by atoms with van der Waals surface area (Å²) in [7, 11) is 4.76. The molecule has 1 aromatic carbocycles. The fourth-order valence-electron chi connectivity index (χ4n) is 3.74. The molecule has 3 atom stereocenters. The molecule has 2 N–H and O–H groups in total. The topological polar surface area (TPSA) is 97.3 Å². The predicted octanol–water partition coefficient (Wildman–Crippen LogP) is 3.22. The van der Waals surface area contributed by atoms with Crippen LogP contribution >= 0.6 is 11.3 Å². The van der Waals surface area contributed by atoms with E-state index in [1.165, 1.54) is 51.0 Å². The Morgan fingerprint density at radius 2 is 1.78 bits per heavy atom. The van der Waals surface area contributed by atoms with E-state index < -0.39 is 35.7 Å². The van der Waals surface area contributed by atoms with Crippen molar-refractivity contribution in [1.82, 2.24) is 10.2 Å². The fourth-order valence-corrected chi connectivity index (χ4v) is 4.44. The van der Waals surface area contributed by atoms with Crippen LogP contribution in [0.15, 0.2) is 29.6 Å². The summed E-state index contributed by atoms with van der Waals surface area (Å²) < 4.78 is 58.4. The molecule has 2 heterocycles. The minimum absolute atomic E-state index is 0.000310. The van der Waals surface area contributed by atoms with E-state index in [1.54, 1.807) is 0 Å². The monoisotopic (exact) mass is 474 g/mol. The van der Waals surface area contributed by atoms with Gasteiger partial charge in [0, 0.05) is 7.05 Å². The van der Waals surface area contributed by atoms with Crippen LogP contribution in [-0.4, -0.2) is 62.1 Å². The molecule has 0 aliphatic carbocycles. The van der Waals surface area contributed by atoms with Crippen molar-refractivity contribution in [2.24, 2.45) is 5.92 Å². The average Bonchev–Trinajstić information content (AvgIpc) is 3.29. The van der Waals surface area contributed by atoms with Crippen LogP contribution in [0, 0.1) is 5.92 Å². The van der Waals surface area contributed by atoms with Crippen LogP contribution in [0.1, 0.15) is 21.3 Å². The number of carbonyl (C=O) groups excluding carboxylic acids is 2. The first-order valence-electron chi connectivity index (χ1n) is 9.22. The van der Waals surface area contributed by atoms with Crippen molar-refractivity contribution in [2.75, 3.05) is 28.4 Å². The van der Waals surface area contributed by atoms with Gasteiger partial charge in [-0.3, -0.25) is 9.69 Å². The largest absolute Gasteiger partial charge is 0.493 e. The molecule has 32 heavy (non-hydrogen) atoms. The standard InChI is InChI=1S/C20H21F3N2O6S/c1-25-18(27)24-15(10-8-11(29-2)17(31-4)12(9-10)30-3)14(19(25,28)20(21,22)23)16(26)13-6-5-7-32-13/h5-9,14-15,28H,1-4H3,(H,24,27)/t14-,15-,19+/m0/s1. The zero-order valence-corrected chi connectivity index (χ0v) is 18.3. The number of aliphatic hydroxyl groups is 1. The number of rotatable bonds is 6. The maximum absolute atomic E-state index is 14.2. The number of carbonyl (C=O) groups is 2. The van der Waals surface area contributed by atoms with Gasteiger partial charge in [0.25, 0.3) is 5.72 Å². The molecule has 0 spiro atoms. The van der Waals surface area contributed by atoms with Crippen LogP contribution < -0.4 is 19.5 Å². The van der Waals surface area contributed by atoms with Gasteiger partial charge in [0.05, 0.1) is 32.2 Å². The molecule has 0 saturated carbocycles. The minimum Gasteiger partial charge on any atom is -0.493 e. The number of methoxy groups -OCH3 is 3. The molecular formula is C20H21F3N2O6S. The summed E-state index contributed by atoms with van der Waals surface area (Å²) in [6.45, 7) is 0. The summed E-state index contributed by atoms with van der Waals surface area (Å²) in [5.41, 5.74) is -3.72. The zero-order valence-electron chi connectivity index (χ0n) is 17.5. The molecule has 0 unspecified atom stereocenters. The molecule has 1 saturated heterocycles. The van der Waals surface area contributed by atoms with Crippen molar-refractivity contribution >= 4 is 23.2 Å². The van der Waals surface area contributed by atoms with Crippen LogP contribution in [-0.2, 0) is 0 Å². The molecule has 2 amide bonds. The first kappa shape index (κ1) is 23.7. The van der Waals surface area contributed by atoms with Crippen molar-refractivity contribution in [3.05, 3.63) is 40.1 Å². The van der Waals surface area contributed by atoms with E-state index in [0.717, 1.165) is 18.4 Å². The van der Waals surface area contributed by atoms with Gasteiger partial charge in [0.1, 0.15) is 5.92 Å². The van der Waals surface area contributed by atoms with E-state index in [9.17, 15) is 27.9 Å². The first-order chi connectivity index (χ1) is 15.0. The van der Waals surface area contributed by atoms with E-state index in [4.69, 9.17) is 14.2 Å². The molecule has 2 aromatic rings. The Morgan fingerprint density at radius 3 is 2.22 bits per heavy atom. The molecule has 0 bridgehead atoms. The third-order valence-corrected chi connectivity index (χ3v) is 6.26. The van der Waals surface area contributed by atoms with Crippen molar-refractivity contribution < 1.29 is 42.1 Å². The number of hydrogen-bond donors (Lipinski definition) is 2. The van der Waals surface area contributed by atoms with Crippen LogP contribution in [0.2, 0.25) is 0 Å².